The number of benzene rings is 1. The Kier molecular flexibility index (Phi) is 3.82. The lowest BCUT2D eigenvalue weighted by atomic mass is 9.98. The van der Waals surface area contributed by atoms with Crippen molar-refractivity contribution < 1.29 is 13.2 Å². The fraction of sp³-hybridized carbons (Fsp3) is 0.222. The second-order valence-corrected chi connectivity index (χ2v) is 8.55. The molecule has 1 aliphatic rings. The van der Waals surface area contributed by atoms with Crippen LogP contribution in [0, 0.1) is 6.92 Å². The van der Waals surface area contributed by atoms with Gasteiger partial charge in [-0.3, -0.25) is 4.79 Å². The number of aromatic nitrogens is 2. The number of anilines is 1. The van der Waals surface area contributed by atoms with Gasteiger partial charge in [0.15, 0.2) is 9.84 Å². The first kappa shape index (κ1) is 16.7. The van der Waals surface area contributed by atoms with E-state index in [9.17, 15) is 13.2 Å². The fourth-order valence-corrected chi connectivity index (χ4v) is 4.97. The molecule has 0 unspecified atom stereocenters. The van der Waals surface area contributed by atoms with Crippen molar-refractivity contribution in [1.82, 2.24) is 9.97 Å². The molecule has 26 heavy (non-hydrogen) atoms. The van der Waals surface area contributed by atoms with Gasteiger partial charge in [0.05, 0.1) is 16.3 Å². The minimum Gasteiger partial charge on any atom is -0.346 e. The molecule has 0 aliphatic carbocycles. The zero-order valence-corrected chi connectivity index (χ0v) is 14.9. The number of carbonyl (C=O) groups is 1. The van der Waals surface area contributed by atoms with Crippen molar-refractivity contribution in [3.8, 4) is 0 Å². The first-order chi connectivity index (χ1) is 12.4. The molecular formula is C18H18N4O3S. The molecule has 2 aromatic heterocycles. The minimum atomic E-state index is -3.42. The Balaban J connectivity index is 1.76. The van der Waals surface area contributed by atoms with Crippen LogP contribution in [0.3, 0.4) is 0 Å². The highest BCUT2D eigenvalue weighted by Crippen LogP contribution is 2.33. The van der Waals surface area contributed by atoms with Crippen molar-refractivity contribution in [2.75, 3.05) is 11.1 Å². The molecule has 1 atom stereocenters. The van der Waals surface area contributed by atoms with Gasteiger partial charge in [-0.2, -0.15) is 0 Å². The van der Waals surface area contributed by atoms with Crippen LogP contribution in [0.25, 0.3) is 11.0 Å². The standard InChI is InChI=1S/C18H18N4O3S/c1-10-8-13-14(19)4-7-26(24,25)16(13)9-12(10)18(23)22-15-3-6-21-17-11(15)2-5-20-17/h2-3,5-6,8-9,14H,4,7,19H2,1H3,(H2,20,21,22,23)/t14-/m0/s1. The van der Waals surface area contributed by atoms with Crippen molar-refractivity contribution in [1.29, 1.82) is 0 Å². The maximum absolute atomic E-state index is 12.8. The number of sulfone groups is 1. The third-order valence-corrected chi connectivity index (χ3v) is 6.54. The fourth-order valence-electron chi connectivity index (χ4n) is 3.32. The number of rotatable bonds is 2. The Bertz CT molecular complexity index is 1130. The van der Waals surface area contributed by atoms with Crippen LogP contribution in [-0.4, -0.2) is 30.0 Å². The summed E-state index contributed by atoms with van der Waals surface area (Å²) >= 11 is 0. The lowest BCUT2D eigenvalue weighted by Crippen LogP contribution is -2.26. The molecule has 4 N–H and O–H groups in total. The van der Waals surface area contributed by atoms with E-state index in [0.29, 0.717) is 34.4 Å². The smallest absolute Gasteiger partial charge is 0.255 e. The Morgan fingerprint density at radius 1 is 1.35 bits per heavy atom. The highest BCUT2D eigenvalue weighted by Gasteiger charge is 2.30. The Hall–Kier alpha value is -2.71. The number of carbonyl (C=O) groups excluding carboxylic acids is 1. The Morgan fingerprint density at radius 2 is 2.15 bits per heavy atom. The van der Waals surface area contributed by atoms with E-state index < -0.39 is 9.84 Å². The summed E-state index contributed by atoms with van der Waals surface area (Å²) in [6.45, 7) is 1.78. The van der Waals surface area contributed by atoms with E-state index in [1.54, 1.807) is 31.5 Å². The van der Waals surface area contributed by atoms with Crippen LogP contribution in [-0.2, 0) is 9.84 Å². The average molecular weight is 370 g/mol. The Labute approximate surface area is 150 Å². The molecule has 7 nitrogen and oxygen atoms in total. The summed E-state index contributed by atoms with van der Waals surface area (Å²) in [5.41, 5.74) is 8.93. The third kappa shape index (κ3) is 2.67. The number of amides is 1. The number of aromatic amines is 1. The number of pyridine rings is 1. The molecule has 1 amide bonds. The summed E-state index contributed by atoms with van der Waals surface area (Å²) in [7, 11) is -3.42. The van der Waals surface area contributed by atoms with Crippen LogP contribution in [0.4, 0.5) is 5.69 Å². The van der Waals surface area contributed by atoms with Crippen LogP contribution >= 0.6 is 0 Å². The minimum absolute atomic E-state index is 0.000383. The zero-order chi connectivity index (χ0) is 18.5. The molecule has 0 spiro atoms. The molecule has 0 radical (unpaired) electrons. The molecule has 1 aromatic carbocycles. The molecule has 3 aromatic rings. The maximum Gasteiger partial charge on any atom is 0.255 e. The molecule has 3 heterocycles. The van der Waals surface area contributed by atoms with Crippen LogP contribution in [0.1, 0.15) is 33.9 Å². The lowest BCUT2D eigenvalue weighted by molar-refractivity contribution is 0.102. The van der Waals surface area contributed by atoms with Gasteiger partial charge in [0.25, 0.3) is 5.91 Å². The molecule has 4 rings (SSSR count). The van der Waals surface area contributed by atoms with E-state index >= 15 is 0 Å². The van der Waals surface area contributed by atoms with Crippen LogP contribution in [0.2, 0.25) is 0 Å². The number of H-pyrrole nitrogens is 1. The van der Waals surface area contributed by atoms with Gasteiger partial charge >= 0.3 is 0 Å². The molecule has 0 bridgehead atoms. The number of nitrogens with two attached hydrogens (primary N) is 1. The van der Waals surface area contributed by atoms with E-state index in [4.69, 9.17) is 5.73 Å². The summed E-state index contributed by atoms with van der Waals surface area (Å²) in [6.07, 6.45) is 3.73. The van der Waals surface area contributed by atoms with Crippen LogP contribution < -0.4 is 11.1 Å². The first-order valence-electron chi connectivity index (χ1n) is 8.23. The highest BCUT2D eigenvalue weighted by atomic mass is 32.2. The second kappa shape index (κ2) is 5.93. The number of hydrogen-bond acceptors (Lipinski definition) is 5. The first-order valence-corrected chi connectivity index (χ1v) is 9.88. The van der Waals surface area contributed by atoms with Gasteiger partial charge in [-0.15, -0.1) is 0 Å². The summed E-state index contributed by atoms with van der Waals surface area (Å²) in [6, 6.07) is 6.35. The Morgan fingerprint density at radius 3 is 2.96 bits per heavy atom. The number of nitrogens with zero attached hydrogens (tertiary/aromatic N) is 1. The third-order valence-electron chi connectivity index (χ3n) is 4.74. The predicted octanol–water partition coefficient (Wildman–Crippen LogP) is 2.30. The monoisotopic (exact) mass is 370 g/mol. The van der Waals surface area contributed by atoms with Crippen molar-refractivity contribution in [3.05, 3.63) is 53.3 Å². The van der Waals surface area contributed by atoms with Crippen molar-refractivity contribution in [2.24, 2.45) is 5.73 Å². The van der Waals surface area contributed by atoms with Crippen molar-refractivity contribution in [3.63, 3.8) is 0 Å². The number of hydrogen-bond donors (Lipinski definition) is 3. The second-order valence-electron chi connectivity index (χ2n) is 6.47. The van der Waals surface area contributed by atoms with Gasteiger partial charge in [0, 0.05) is 29.4 Å². The van der Waals surface area contributed by atoms with E-state index in [-0.39, 0.29) is 22.6 Å². The van der Waals surface area contributed by atoms with Gasteiger partial charge in [-0.1, -0.05) is 6.07 Å². The quantitative estimate of drug-likeness (QED) is 0.640. The summed E-state index contributed by atoms with van der Waals surface area (Å²) in [5.74, 6) is -0.368. The molecule has 1 aliphatic heterocycles. The van der Waals surface area contributed by atoms with Gasteiger partial charge < -0.3 is 16.0 Å². The summed E-state index contributed by atoms with van der Waals surface area (Å²) < 4.78 is 24.8. The summed E-state index contributed by atoms with van der Waals surface area (Å²) in [5, 5.41) is 3.63. The highest BCUT2D eigenvalue weighted by molar-refractivity contribution is 7.91. The zero-order valence-electron chi connectivity index (χ0n) is 14.1. The van der Waals surface area contributed by atoms with E-state index in [0.717, 1.165) is 5.39 Å². The molecule has 0 fully saturated rings. The summed E-state index contributed by atoms with van der Waals surface area (Å²) in [4.78, 5) is 20.1. The largest absolute Gasteiger partial charge is 0.346 e. The number of nitrogens with one attached hydrogen (secondary N) is 2. The molecule has 0 saturated heterocycles. The normalized spacial score (nSPS) is 18.5. The van der Waals surface area contributed by atoms with Crippen molar-refractivity contribution >= 4 is 32.5 Å². The molecule has 8 heteroatoms. The van der Waals surface area contributed by atoms with Gasteiger partial charge in [0.2, 0.25) is 0 Å². The SMILES string of the molecule is Cc1cc2c(cc1C(=O)Nc1ccnc3[nH]ccc13)S(=O)(=O)CC[C@@H]2N. The lowest BCUT2D eigenvalue weighted by Gasteiger charge is -2.24. The average Bonchev–Trinajstić information content (AvgIpc) is 3.08. The topological polar surface area (TPSA) is 118 Å². The van der Waals surface area contributed by atoms with Crippen LogP contribution in [0.5, 0.6) is 0 Å². The number of aryl methyl sites for hydroxylation is 1. The molecule has 0 saturated carbocycles. The molecular weight excluding hydrogens is 352 g/mol. The maximum atomic E-state index is 12.8. The van der Waals surface area contributed by atoms with E-state index in [1.165, 1.54) is 6.07 Å². The van der Waals surface area contributed by atoms with Crippen LogP contribution in [0.15, 0.2) is 41.6 Å². The number of fused-ring (bicyclic) bond motifs is 2. The van der Waals surface area contributed by atoms with Crippen molar-refractivity contribution in [2.45, 2.75) is 24.3 Å². The van der Waals surface area contributed by atoms with Gasteiger partial charge in [-0.05, 0) is 42.7 Å². The van der Waals surface area contributed by atoms with Gasteiger partial charge in [0.1, 0.15) is 5.65 Å². The molecule has 134 valence electrons. The predicted molar refractivity (Wildman–Crippen MR) is 98.8 cm³/mol. The van der Waals surface area contributed by atoms with Gasteiger partial charge in [-0.25, -0.2) is 13.4 Å². The van der Waals surface area contributed by atoms with E-state index in [2.05, 4.69) is 15.3 Å². The van der Waals surface area contributed by atoms with E-state index in [1.807, 2.05) is 6.07 Å².